The summed E-state index contributed by atoms with van der Waals surface area (Å²) in [5.74, 6) is 0.0574. The Morgan fingerprint density at radius 1 is 1.27 bits per heavy atom. The highest BCUT2D eigenvalue weighted by atomic mass is 35.5. The number of carbonyl (C=O) groups is 1. The Labute approximate surface area is 179 Å². The summed E-state index contributed by atoms with van der Waals surface area (Å²) in [6, 6.07) is 13.7. The Hall–Kier alpha value is -2.93. The number of hydrazone groups is 1. The zero-order chi connectivity index (χ0) is 21.6. The van der Waals surface area contributed by atoms with E-state index >= 15 is 0 Å². The number of hydrogen-bond donors (Lipinski definition) is 1. The fourth-order valence-corrected chi connectivity index (χ4v) is 4.82. The van der Waals surface area contributed by atoms with E-state index in [0.29, 0.717) is 29.2 Å². The van der Waals surface area contributed by atoms with Crippen molar-refractivity contribution in [1.82, 2.24) is 9.73 Å². The van der Waals surface area contributed by atoms with Gasteiger partial charge in [0.25, 0.3) is 5.91 Å². The van der Waals surface area contributed by atoms with Crippen molar-refractivity contribution in [3.8, 4) is 11.8 Å². The fourth-order valence-electron chi connectivity index (χ4n) is 3.04. The van der Waals surface area contributed by atoms with Gasteiger partial charge in [0.05, 0.1) is 11.1 Å². The van der Waals surface area contributed by atoms with E-state index < -0.39 is 22.0 Å². The Morgan fingerprint density at radius 2 is 1.97 bits per heavy atom. The molecule has 0 aromatic heterocycles. The molecule has 0 saturated carbocycles. The minimum atomic E-state index is -3.81. The van der Waals surface area contributed by atoms with Crippen LogP contribution in [0.4, 0.5) is 0 Å². The maximum absolute atomic E-state index is 12.9. The fraction of sp³-hybridized carbons (Fsp3) is 0.250. The van der Waals surface area contributed by atoms with Crippen molar-refractivity contribution >= 4 is 33.7 Å². The molecule has 0 unspecified atom stereocenters. The average molecular weight is 447 g/mol. The number of nitriles is 1. The summed E-state index contributed by atoms with van der Waals surface area (Å²) in [7, 11) is -3.81. The highest BCUT2D eigenvalue weighted by Crippen LogP contribution is 2.27. The van der Waals surface area contributed by atoms with Gasteiger partial charge in [0, 0.05) is 11.6 Å². The van der Waals surface area contributed by atoms with Crippen LogP contribution in [0.1, 0.15) is 18.4 Å². The van der Waals surface area contributed by atoms with E-state index in [1.807, 2.05) is 6.07 Å². The maximum Gasteiger partial charge on any atom is 0.258 e. The monoisotopic (exact) mass is 446 g/mol. The third-order valence-electron chi connectivity index (χ3n) is 4.50. The van der Waals surface area contributed by atoms with Crippen LogP contribution in [0.5, 0.6) is 5.75 Å². The van der Waals surface area contributed by atoms with E-state index in [-0.39, 0.29) is 18.0 Å². The molecule has 30 heavy (non-hydrogen) atoms. The highest BCUT2D eigenvalue weighted by molar-refractivity contribution is 7.89. The number of nitrogens with zero attached hydrogens (tertiary/aromatic N) is 3. The second-order valence-electron chi connectivity index (χ2n) is 6.48. The first-order valence-corrected chi connectivity index (χ1v) is 10.9. The molecular formula is C20H19ClN4O4S. The van der Waals surface area contributed by atoms with Gasteiger partial charge in [0.15, 0.2) is 6.61 Å². The summed E-state index contributed by atoms with van der Waals surface area (Å²) in [5.41, 5.74) is 3.12. The van der Waals surface area contributed by atoms with Gasteiger partial charge in [0.2, 0.25) is 10.0 Å². The summed E-state index contributed by atoms with van der Waals surface area (Å²) in [4.78, 5) is 12.6. The second kappa shape index (κ2) is 9.71. The molecule has 8 nitrogen and oxygen atoms in total. The van der Waals surface area contributed by atoms with E-state index in [9.17, 15) is 13.2 Å². The molecule has 0 radical (unpaired) electrons. The lowest BCUT2D eigenvalue weighted by Crippen LogP contribution is -2.44. The quantitative estimate of drug-likeness (QED) is 0.518. The van der Waals surface area contributed by atoms with Crippen LogP contribution >= 0.6 is 11.6 Å². The van der Waals surface area contributed by atoms with Gasteiger partial charge in [0.1, 0.15) is 17.9 Å². The average Bonchev–Trinajstić information content (AvgIpc) is 3.24. The first kappa shape index (κ1) is 21.8. The molecule has 10 heteroatoms. The molecule has 1 aliphatic heterocycles. The molecule has 0 aliphatic carbocycles. The van der Waals surface area contributed by atoms with Crippen LogP contribution in [0.3, 0.4) is 0 Å². The molecule has 1 heterocycles. The SMILES string of the molecule is N#CCOc1ccc(/C=N\NC(=O)[C@@H]2CCCN2S(=O)(=O)c2ccc(Cl)cc2)cc1. The zero-order valence-corrected chi connectivity index (χ0v) is 17.4. The van der Waals surface area contributed by atoms with Crippen molar-refractivity contribution in [2.75, 3.05) is 13.2 Å². The number of amides is 1. The molecule has 156 valence electrons. The van der Waals surface area contributed by atoms with Gasteiger partial charge in [-0.15, -0.1) is 0 Å². The Bertz CT molecular complexity index is 1060. The number of benzene rings is 2. The van der Waals surface area contributed by atoms with Crippen LogP contribution in [0.25, 0.3) is 0 Å². The Balaban J connectivity index is 1.64. The maximum atomic E-state index is 12.9. The van der Waals surface area contributed by atoms with Gasteiger partial charge < -0.3 is 4.74 Å². The number of rotatable bonds is 7. The van der Waals surface area contributed by atoms with Gasteiger partial charge in [-0.2, -0.15) is 14.7 Å². The van der Waals surface area contributed by atoms with Crippen molar-refractivity contribution in [2.24, 2.45) is 5.10 Å². The lowest BCUT2D eigenvalue weighted by molar-refractivity contribution is -0.124. The molecule has 1 fully saturated rings. The van der Waals surface area contributed by atoms with Crippen molar-refractivity contribution in [3.63, 3.8) is 0 Å². The second-order valence-corrected chi connectivity index (χ2v) is 8.80. The Morgan fingerprint density at radius 3 is 2.63 bits per heavy atom. The smallest absolute Gasteiger partial charge is 0.258 e. The number of carbonyl (C=O) groups excluding carboxylic acids is 1. The molecule has 0 bridgehead atoms. The first-order chi connectivity index (χ1) is 14.4. The van der Waals surface area contributed by atoms with Crippen molar-refractivity contribution in [2.45, 2.75) is 23.8 Å². The third kappa shape index (κ3) is 5.16. The predicted molar refractivity (Wildman–Crippen MR) is 112 cm³/mol. The van der Waals surface area contributed by atoms with Crippen molar-refractivity contribution < 1.29 is 17.9 Å². The van der Waals surface area contributed by atoms with E-state index in [1.54, 1.807) is 24.3 Å². The summed E-state index contributed by atoms with van der Waals surface area (Å²) in [6.45, 7) is 0.219. The molecule has 1 saturated heterocycles. The van der Waals surface area contributed by atoms with Gasteiger partial charge in [-0.1, -0.05) is 11.6 Å². The lowest BCUT2D eigenvalue weighted by atomic mass is 10.2. The van der Waals surface area contributed by atoms with Crippen LogP contribution in [-0.2, 0) is 14.8 Å². The molecule has 0 spiro atoms. The number of halogens is 1. The van der Waals surface area contributed by atoms with Crippen LogP contribution in [0.15, 0.2) is 58.5 Å². The van der Waals surface area contributed by atoms with E-state index in [1.165, 1.54) is 34.8 Å². The normalized spacial score (nSPS) is 17.0. The predicted octanol–water partition coefficient (Wildman–Crippen LogP) is 2.55. The van der Waals surface area contributed by atoms with Crippen molar-refractivity contribution in [3.05, 3.63) is 59.1 Å². The van der Waals surface area contributed by atoms with Crippen LogP contribution in [0.2, 0.25) is 5.02 Å². The molecule has 1 atom stereocenters. The summed E-state index contributed by atoms with van der Waals surface area (Å²) < 4.78 is 32.1. The van der Waals surface area contributed by atoms with Crippen molar-refractivity contribution in [1.29, 1.82) is 5.26 Å². The van der Waals surface area contributed by atoms with E-state index in [2.05, 4.69) is 10.5 Å². The van der Waals surface area contributed by atoms with Gasteiger partial charge in [-0.3, -0.25) is 4.79 Å². The molecule has 2 aromatic carbocycles. The summed E-state index contributed by atoms with van der Waals surface area (Å²) >= 11 is 5.83. The molecule has 1 aliphatic rings. The van der Waals surface area contributed by atoms with E-state index in [0.717, 1.165) is 0 Å². The van der Waals surface area contributed by atoms with Gasteiger partial charge in [-0.25, -0.2) is 13.8 Å². The first-order valence-electron chi connectivity index (χ1n) is 9.12. The molecule has 1 N–H and O–H groups in total. The van der Waals surface area contributed by atoms with Crippen LogP contribution in [0, 0.1) is 11.3 Å². The van der Waals surface area contributed by atoms with Gasteiger partial charge in [-0.05, 0) is 66.9 Å². The van der Waals surface area contributed by atoms with E-state index in [4.69, 9.17) is 21.6 Å². The minimum absolute atomic E-state index is 0.0414. The minimum Gasteiger partial charge on any atom is -0.479 e. The zero-order valence-electron chi connectivity index (χ0n) is 15.9. The van der Waals surface area contributed by atoms with Crippen LogP contribution in [-0.4, -0.2) is 44.0 Å². The summed E-state index contributed by atoms with van der Waals surface area (Å²) in [5, 5.41) is 12.9. The topological polar surface area (TPSA) is 112 Å². The molecule has 3 rings (SSSR count). The number of hydrogen-bond acceptors (Lipinski definition) is 6. The van der Waals surface area contributed by atoms with Crippen LogP contribution < -0.4 is 10.2 Å². The largest absolute Gasteiger partial charge is 0.479 e. The third-order valence-corrected chi connectivity index (χ3v) is 6.67. The molecule has 1 amide bonds. The molecular weight excluding hydrogens is 428 g/mol. The summed E-state index contributed by atoms with van der Waals surface area (Å²) in [6.07, 6.45) is 2.44. The lowest BCUT2D eigenvalue weighted by Gasteiger charge is -2.22. The standard InChI is InChI=1S/C20H19ClN4O4S/c21-16-5-9-18(10-6-16)30(27,28)25-12-1-2-19(25)20(26)24-23-14-15-3-7-17(8-4-15)29-13-11-22/h3-10,14,19H,1-2,12-13H2,(H,24,26)/b23-14-/t19-/m0/s1. The molecule has 2 aromatic rings. The number of nitrogens with one attached hydrogen (secondary N) is 1. The Kier molecular flexibility index (Phi) is 7.05. The number of ether oxygens (including phenoxy) is 1. The highest BCUT2D eigenvalue weighted by Gasteiger charge is 2.39. The number of sulfonamides is 1. The van der Waals surface area contributed by atoms with Gasteiger partial charge >= 0.3 is 0 Å².